The van der Waals surface area contributed by atoms with Crippen LogP contribution in [0.1, 0.15) is 10.4 Å². The topological polar surface area (TPSA) is 202 Å². The first kappa shape index (κ1) is 26.6. The van der Waals surface area contributed by atoms with E-state index in [0.717, 1.165) is 12.3 Å². The molecule has 0 spiro atoms. The molecule has 0 saturated heterocycles. The number of aliphatic hydroxyl groups is 2. The first-order chi connectivity index (χ1) is 14.4. The van der Waals surface area contributed by atoms with Crippen LogP contribution in [0.2, 0.25) is 0 Å². The van der Waals surface area contributed by atoms with Crippen LogP contribution in [0.15, 0.2) is 12.1 Å². The Bertz CT molecular complexity index is 927. The fourth-order valence-electron chi connectivity index (χ4n) is 2.46. The van der Waals surface area contributed by atoms with Crippen LogP contribution in [0.3, 0.4) is 0 Å². The highest BCUT2D eigenvalue weighted by Crippen LogP contribution is 2.36. The second-order valence-corrected chi connectivity index (χ2v) is 8.56. The number of nitro benzene ring substituents is 2. The summed E-state index contributed by atoms with van der Waals surface area (Å²) in [5, 5.41) is 43.6. The molecule has 0 fully saturated rings. The highest BCUT2D eigenvalue weighted by Gasteiger charge is 2.31. The molecule has 1 aromatic carbocycles. The van der Waals surface area contributed by atoms with Crippen molar-refractivity contribution in [2.75, 3.05) is 49.3 Å². The fourth-order valence-corrected chi connectivity index (χ4v) is 3.27. The first-order valence-electron chi connectivity index (χ1n) is 8.60. The number of alkyl halides is 1. The van der Waals surface area contributed by atoms with Crippen molar-refractivity contribution in [1.29, 1.82) is 0 Å². The fraction of sp³-hybridized carbons (Fsp3) is 0.533. The van der Waals surface area contributed by atoms with E-state index in [0.29, 0.717) is 6.07 Å². The molecule has 0 aliphatic carbocycles. The van der Waals surface area contributed by atoms with Gasteiger partial charge in [-0.2, -0.15) is 8.42 Å². The van der Waals surface area contributed by atoms with Crippen molar-refractivity contribution >= 4 is 49.0 Å². The molecule has 1 rings (SSSR count). The van der Waals surface area contributed by atoms with Crippen molar-refractivity contribution < 1.29 is 37.5 Å². The molecular weight excluding hydrogens is 508 g/mol. The van der Waals surface area contributed by atoms with Crippen molar-refractivity contribution in [3.05, 3.63) is 37.9 Å². The lowest BCUT2D eigenvalue weighted by molar-refractivity contribution is -0.393. The number of nitrogens with zero attached hydrogens (tertiary/aromatic N) is 3. The number of anilines is 1. The molecule has 0 heterocycles. The SMILES string of the molecule is CS(=O)(=O)OCCN(CCBr)c1c(C(=O)NCC(O)CO)cc([N+](=O)[O-])cc1[N+](=O)[O-]. The number of rotatable bonds is 13. The largest absolute Gasteiger partial charge is 0.394 e. The van der Waals surface area contributed by atoms with Gasteiger partial charge in [-0.15, -0.1) is 0 Å². The molecule has 1 atom stereocenters. The second kappa shape index (κ2) is 11.8. The van der Waals surface area contributed by atoms with Gasteiger partial charge >= 0.3 is 0 Å². The number of halogens is 1. The van der Waals surface area contributed by atoms with Gasteiger partial charge in [0.2, 0.25) is 0 Å². The minimum absolute atomic E-state index is 0.0608. The van der Waals surface area contributed by atoms with Crippen LogP contribution < -0.4 is 10.2 Å². The molecule has 3 N–H and O–H groups in total. The maximum absolute atomic E-state index is 12.7. The van der Waals surface area contributed by atoms with E-state index in [-0.39, 0.29) is 24.1 Å². The van der Waals surface area contributed by atoms with Crippen LogP contribution >= 0.6 is 15.9 Å². The van der Waals surface area contributed by atoms with Gasteiger partial charge in [-0.05, 0) is 0 Å². The lowest BCUT2D eigenvalue weighted by Crippen LogP contribution is -2.36. The summed E-state index contributed by atoms with van der Waals surface area (Å²) in [7, 11) is -3.80. The van der Waals surface area contributed by atoms with Gasteiger partial charge in [-0.3, -0.25) is 29.2 Å². The van der Waals surface area contributed by atoms with E-state index >= 15 is 0 Å². The standard InChI is InChI=1S/C15H21BrN4O10S/c1-31(28,29)30-5-4-18(3-2-16)14-12(15(23)17-8-11(22)9-21)6-10(19(24)25)7-13(14)20(26)27/h6-7,11,21-22H,2-5,8-9H2,1H3,(H,17,23). The number of hydrogen-bond acceptors (Lipinski definition) is 11. The third-order valence-corrected chi connectivity index (χ3v) is 4.71. The Kier molecular flexibility index (Phi) is 10.2. The molecule has 31 heavy (non-hydrogen) atoms. The summed E-state index contributed by atoms with van der Waals surface area (Å²) >= 11 is 3.16. The van der Waals surface area contributed by atoms with Gasteiger partial charge in [-0.25, -0.2) is 0 Å². The Morgan fingerprint density at radius 2 is 1.94 bits per heavy atom. The molecule has 0 saturated carbocycles. The van der Waals surface area contributed by atoms with E-state index in [4.69, 9.17) is 5.11 Å². The van der Waals surface area contributed by atoms with Crippen LogP contribution in [0.5, 0.6) is 0 Å². The van der Waals surface area contributed by atoms with Gasteiger partial charge in [0.1, 0.15) is 5.69 Å². The quantitative estimate of drug-likeness (QED) is 0.132. The number of nitrogens with one attached hydrogen (secondary N) is 1. The summed E-state index contributed by atoms with van der Waals surface area (Å²) in [6, 6.07) is 1.52. The summed E-state index contributed by atoms with van der Waals surface area (Å²) in [4.78, 5) is 35.0. The van der Waals surface area contributed by atoms with Gasteiger partial charge in [0.25, 0.3) is 27.4 Å². The van der Waals surface area contributed by atoms with E-state index < -0.39 is 68.7 Å². The summed E-state index contributed by atoms with van der Waals surface area (Å²) in [5.41, 5.74) is -2.19. The molecule has 14 nitrogen and oxygen atoms in total. The molecule has 0 aliphatic heterocycles. The third kappa shape index (κ3) is 8.33. The highest BCUT2D eigenvalue weighted by molar-refractivity contribution is 9.09. The molecule has 16 heteroatoms. The van der Waals surface area contributed by atoms with E-state index in [1.165, 1.54) is 4.90 Å². The van der Waals surface area contributed by atoms with E-state index in [2.05, 4.69) is 25.4 Å². The van der Waals surface area contributed by atoms with Gasteiger partial charge in [-0.1, -0.05) is 15.9 Å². The lowest BCUT2D eigenvalue weighted by Gasteiger charge is -2.25. The van der Waals surface area contributed by atoms with E-state index in [1.807, 2.05) is 0 Å². The maximum atomic E-state index is 12.7. The predicted molar refractivity (Wildman–Crippen MR) is 112 cm³/mol. The number of amides is 1. The minimum atomic E-state index is -3.80. The normalized spacial score (nSPS) is 12.3. The number of nitro groups is 2. The van der Waals surface area contributed by atoms with Crippen molar-refractivity contribution in [2.24, 2.45) is 0 Å². The van der Waals surface area contributed by atoms with Crippen LogP contribution in [-0.2, 0) is 14.3 Å². The number of carbonyl (C=O) groups is 1. The molecule has 1 aromatic rings. The van der Waals surface area contributed by atoms with Crippen molar-refractivity contribution in [2.45, 2.75) is 6.10 Å². The zero-order valence-corrected chi connectivity index (χ0v) is 18.7. The molecule has 1 amide bonds. The molecular formula is C15H21BrN4O10S. The third-order valence-electron chi connectivity index (χ3n) is 3.76. The monoisotopic (exact) mass is 528 g/mol. The molecule has 0 aliphatic rings. The average Bonchev–Trinajstić information content (AvgIpc) is 2.68. The maximum Gasteiger partial charge on any atom is 0.300 e. The van der Waals surface area contributed by atoms with Crippen LogP contribution in [-0.4, -0.2) is 84.9 Å². The summed E-state index contributed by atoms with van der Waals surface area (Å²) in [6.45, 7) is -1.62. The zero-order valence-electron chi connectivity index (χ0n) is 16.3. The number of carbonyl (C=O) groups excluding carboxylic acids is 1. The van der Waals surface area contributed by atoms with Gasteiger partial charge < -0.3 is 20.4 Å². The van der Waals surface area contributed by atoms with E-state index in [1.54, 1.807) is 0 Å². The Balaban J connectivity index is 3.53. The summed E-state index contributed by atoms with van der Waals surface area (Å²) in [6.07, 6.45) is -0.496. The van der Waals surface area contributed by atoms with Crippen molar-refractivity contribution in [1.82, 2.24) is 5.32 Å². The van der Waals surface area contributed by atoms with Crippen molar-refractivity contribution in [3.8, 4) is 0 Å². The Morgan fingerprint density at radius 1 is 1.29 bits per heavy atom. The highest BCUT2D eigenvalue weighted by atomic mass is 79.9. The zero-order chi connectivity index (χ0) is 23.8. The van der Waals surface area contributed by atoms with E-state index in [9.17, 15) is 38.5 Å². The summed E-state index contributed by atoms with van der Waals surface area (Å²) < 4.78 is 27.1. The molecule has 1 unspecified atom stereocenters. The van der Waals surface area contributed by atoms with Gasteiger partial charge in [0.05, 0.1) is 47.0 Å². The lowest BCUT2D eigenvalue weighted by atomic mass is 10.1. The van der Waals surface area contributed by atoms with Crippen LogP contribution in [0.25, 0.3) is 0 Å². The predicted octanol–water partition coefficient (Wildman–Crippen LogP) is -0.236. The Morgan fingerprint density at radius 3 is 2.42 bits per heavy atom. The molecule has 0 radical (unpaired) electrons. The molecule has 0 bridgehead atoms. The number of benzene rings is 1. The molecule has 174 valence electrons. The van der Waals surface area contributed by atoms with Crippen LogP contribution in [0, 0.1) is 20.2 Å². The van der Waals surface area contributed by atoms with Crippen molar-refractivity contribution in [3.63, 3.8) is 0 Å². The molecule has 0 aromatic heterocycles. The Labute approximate surface area is 185 Å². The number of non-ortho nitro benzene ring substituents is 1. The van der Waals surface area contributed by atoms with Gasteiger partial charge in [0.15, 0.2) is 0 Å². The smallest absolute Gasteiger partial charge is 0.300 e. The van der Waals surface area contributed by atoms with Gasteiger partial charge in [0, 0.05) is 31.0 Å². The first-order valence-corrected chi connectivity index (χ1v) is 11.5. The van der Waals surface area contributed by atoms with Crippen LogP contribution in [0.4, 0.5) is 17.1 Å². The number of aliphatic hydroxyl groups excluding tert-OH is 2. The second-order valence-electron chi connectivity index (χ2n) is 6.12. The minimum Gasteiger partial charge on any atom is -0.394 e. The Hall–Kier alpha value is -2.40. The summed E-state index contributed by atoms with van der Waals surface area (Å²) in [5.74, 6) is -0.974. The number of hydrogen-bond donors (Lipinski definition) is 3. The average molecular weight is 529 g/mol.